The lowest BCUT2D eigenvalue weighted by atomic mass is 9.83. The Bertz CT molecular complexity index is 580. The molecular weight excluding hydrogens is 339 g/mol. The summed E-state index contributed by atoms with van der Waals surface area (Å²) in [6, 6.07) is 7.19. The van der Waals surface area contributed by atoms with Gasteiger partial charge < -0.3 is 10.0 Å². The topological polar surface area (TPSA) is 82.1 Å². The van der Waals surface area contributed by atoms with Crippen molar-refractivity contribution in [3.05, 3.63) is 23.8 Å². The lowest BCUT2D eigenvalue weighted by molar-refractivity contribution is 0.424. The van der Waals surface area contributed by atoms with Gasteiger partial charge in [-0.25, -0.2) is 4.45 Å². The van der Waals surface area contributed by atoms with E-state index < -0.39 is 7.12 Å². The van der Waals surface area contributed by atoms with E-state index in [4.69, 9.17) is 5.26 Å². The SMILES string of the molecule is N#Cc1cccc2c(B(O)O)nn(PI)c12. The zero-order chi connectivity index (χ0) is 11.7. The molecule has 1 aromatic heterocycles. The van der Waals surface area contributed by atoms with Crippen LogP contribution in [-0.2, 0) is 0 Å². The number of halogens is 1. The van der Waals surface area contributed by atoms with E-state index in [-0.39, 0.29) is 5.59 Å². The fourth-order valence-electron chi connectivity index (χ4n) is 1.53. The van der Waals surface area contributed by atoms with E-state index in [1.54, 1.807) is 22.7 Å². The summed E-state index contributed by atoms with van der Waals surface area (Å²) in [5, 5.41) is 32.1. The van der Waals surface area contributed by atoms with Crippen molar-refractivity contribution in [2.45, 2.75) is 0 Å². The molecule has 1 atom stereocenters. The summed E-state index contributed by atoms with van der Waals surface area (Å²) in [5.74, 6) is 0. The van der Waals surface area contributed by atoms with Crippen LogP contribution in [0.1, 0.15) is 5.56 Å². The normalized spacial score (nSPS) is 11.1. The van der Waals surface area contributed by atoms with Gasteiger partial charge in [-0.2, -0.15) is 10.4 Å². The van der Waals surface area contributed by atoms with Crippen LogP contribution in [0.15, 0.2) is 18.2 Å². The minimum atomic E-state index is -1.62. The van der Waals surface area contributed by atoms with Crippen molar-refractivity contribution in [2.75, 3.05) is 0 Å². The molecular formula is C8H6BIN3O2P. The summed E-state index contributed by atoms with van der Waals surface area (Å²) in [5.41, 5.74) is 1.33. The monoisotopic (exact) mass is 345 g/mol. The molecule has 8 heteroatoms. The molecule has 16 heavy (non-hydrogen) atoms. The number of benzene rings is 1. The van der Waals surface area contributed by atoms with E-state index in [2.05, 4.69) is 33.2 Å². The van der Waals surface area contributed by atoms with Gasteiger partial charge in [0.15, 0.2) is 0 Å². The summed E-state index contributed by atoms with van der Waals surface area (Å²) in [4.78, 5) is 0. The second-order valence-electron chi connectivity index (χ2n) is 3.07. The third-order valence-electron chi connectivity index (χ3n) is 2.18. The van der Waals surface area contributed by atoms with Crippen LogP contribution in [0.3, 0.4) is 0 Å². The highest BCUT2D eigenvalue weighted by atomic mass is 127. The van der Waals surface area contributed by atoms with E-state index >= 15 is 0 Å². The van der Waals surface area contributed by atoms with Crippen molar-refractivity contribution in [1.29, 1.82) is 5.26 Å². The Kier molecular flexibility index (Phi) is 3.45. The van der Waals surface area contributed by atoms with Crippen LogP contribution in [0.25, 0.3) is 10.9 Å². The summed E-state index contributed by atoms with van der Waals surface area (Å²) >= 11 is 2.13. The standard InChI is InChI=1S/C8H6BIN3O2P/c10-16-13-7-5(4-11)2-1-3-6(7)8(12-13)9(14)15/h1-3,14-16H. The number of nitriles is 1. The molecule has 0 aliphatic carbocycles. The highest BCUT2D eigenvalue weighted by Gasteiger charge is 2.22. The number of nitrogens with zero attached hydrogens (tertiary/aromatic N) is 3. The molecule has 1 heterocycles. The van der Waals surface area contributed by atoms with Crippen molar-refractivity contribution in [3.63, 3.8) is 0 Å². The summed E-state index contributed by atoms with van der Waals surface area (Å²) in [6.45, 7) is 0. The first-order chi connectivity index (χ1) is 7.69. The number of hydrogen-bond acceptors (Lipinski definition) is 4. The Balaban J connectivity index is 2.85. The smallest absolute Gasteiger partial charge is 0.422 e. The molecule has 0 saturated carbocycles. The lowest BCUT2D eigenvalue weighted by Gasteiger charge is -1.98. The molecule has 0 amide bonds. The van der Waals surface area contributed by atoms with E-state index in [0.29, 0.717) is 22.8 Å². The van der Waals surface area contributed by atoms with E-state index in [0.717, 1.165) is 0 Å². The van der Waals surface area contributed by atoms with Gasteiger partial charge in [-0.15, -0.1) is 0 Å². The molecule has 2 rings (SSSR count). The number of rotatable bonds is 2. The molecule has 0 aliphatic heterocycles. The van der Waals surface area contributed by atoms with Crippen LogP contribution in [-0.4, -0.2) is 26.7 Å². The van der Waals surface area contributed by atoms with Gasteiger partial charge in [0.1, 0.15) is 11.7 Å². The lowest BCUT2D eigenvalue weighted by Crippen LogP contribution is -2.31. The molecule has 2 aromatic rings. The molecule has 0 radical (unpaired) electrons. The number of aromatic nitrogens is 2. The molecule has 1 aromatic carbocycles. The van der Waals surface area contributed by atoms with Crippen LogP contribution >= 0.6 is 28.4 Å². The summed E-state index contributed by atoms with van der Waals surface area (Å²) < 4.78 is 1.61. The minimum Gasteiger partial charge on any atom is -0.422 e. The van der Waals surface area contributed by atoms with E-state index in [1.165, 1.54) is 0 Å². The van der Waals surface area contributed by atoms with Gasteiger partial charge in [-0.1, -0.05) is 12.1 Å². The largest absolute Gasteiger partial charge is 0.510 e. The second-order valence-corrected chi connectivity index (χ2v) is 5.11. The van der Waals surface area contributed by atoms with E-state index in [9.17, 15) is 10.0 Å². The quantitative estimate of drug-likeness (QED) is 0.469. The van der Waals surface area contributed by atoms with Gasteiger partial charge in [0.05, 0.1) is 17.5 Å². The molecule has 2 N–H and O–H groups in total. The van der Waals surface area contributed by atoms with Crippen molar-refractivity contribution in [1.82, 2.24) is 9.55 Å². The van der Waals surface area contributed by atoms with E-state index in [1.807, 2.05) is 0 Å². The number of hydrogen-bond donors (Lipinski definition) is 2. The number of para-hydroxylation sites is 1. The molecule has 1 unspecified atom stereocenters. The summed E-state index contributed by atoms with van der Waals surface area (Å²) in [6.07, 6.45) is 0.299. The van der Waals surface area contributed by atoms with Crippen LogP contribution in [0.4, 0.5) is 0 Å². The molecule has 0 spiro atoms. The Labute approximate surface area is 107 Å². The van der Waals surface area contributed by atoms with Gasteiger partial charge in [0, 0.05) is 5.39 Å². The maximum absolute atomic E-state index is 9.19. The van der Waals surface area contributed by atoms with Crippen molar-refractivity contribution in [3.8, 4) is 6.07 Å². The average Bonchev–Trinajstić information content (AvgIpc) is 2.67. The predicted molar refractivity (Wildman–Crippen MR) is 72.0 cm³/mol. The molecule has 0 bridgehead atoms. The summed E-state index contributed by atoms with van der Waals surface area (Å²) in [7, 11) is -1.62. The van der Waals surface area contributed by atoms with Crippen LogP contribution in [0, 0.1) is 11.3 Å². The first-order valence-electron chi connectivity index (χ1n) is 4.33. The zero-order valence-electron chi connectivity index (χ0n) is 7.92. The van der Waals surface area contributed by atoms with Gasteiger partial charge in [-0.3, -0.25) is 0 Å². The Morgan fingerprint density at radius 3 is 2.81 bits per heavy atom. The first kappa shape index (κ1) is 11.8. The molecule has 80 valence electrons. The highest BCUT2D eigenvalue weighted by molar-refractivity contribution is 14.2. The minimum absolute atomic E-state index is 0.191. The fraction of sp³-hybridized carbons (Fsp3) is 0. The highest BCUT2D eigenvalue weighted by Crippen LogP contribution is 2.29. The van der Waals surface area contributed by atoms with Crippen molar-refractivity contribution >= 4 is 52.0 Å². The third kappa shape index (κ3) is 1.82. The van der Waals surface area contributed by atoms with Crippen molar-refractivity contribution < 1.29 is 10.0 Å². The second kappa shape index (κ2) is 4.68. The van der Waals surface area contributed by atoms with Gasteiger partial charge >= 0.3 is 7.12 Å². The Morgan fingerprint density at radius 2 is 2.25 bits per heavy atom. The van der Waals surface area contributed by atoms with Crippen LogP contribution in [0.2, 0.25) is 0 Å². The third-order valence-corrected chi connectivity index (χ3v) is 4.03. The van der Waals surface area contributed by atoms with Gasteiger partial charge in [-0.05, 0) is 28.1 Å². The average molecular weight is 345 g/mol. The maximum Gasteiger partial charge on any atom is 0.510 e. The Morgan fingerprint density at radius 1 is 1.50 bits per heavy atom. The first-order valence-corrected chi connectivity index (χ1v) is 8.39. The predicted octanol–water partition coefficient (Wildman–Crippen LogP) is 0.379. The molecule has 0 saturated heterocycles. The Hall–Kier alpha value is -0.675. The van der Waals surface area contributed by atoms with Crippen LogP contribution < -0.4 is 5.59 Å². The maximum atomic E-state index is 9.19. The van der Waals surface area contributed by atoms with Gasteiger partial charge in [0.25, 0.3) is 0 Å². The fourth-order valence-corrected chi connectivity index (χ4v) is 3.05. The van der Waals surface area contributed by atoms with Crippen molar-refractivity contribution in [2.24, 2.45) is 0 Å². The number of fused-ring (bicyclic) bond motifs is 1. The van der Waals surface area contributed by atoms with Gasteiger partial charge in [0.2, 0.25) is 0 Å². The van der Waals surface area contributed by atoms with Crippen LogP contribution in [0.5, 0.6) is 0 Å². The molecule has 0 fully saturated rings. The molecule has 0 aliphatic rings. The molecule has 5 nitrogen and oxygen atoms in total. The zero-order valence-corrected chi connectivity index (χ0v) is 11.1.